The molecule has 1 aliphatic rings. The molecule has 0 spiro atoms. The number of carbonyl (C=O) groups is 2. The molecule has 28 heavy (non-hydrogen) atoms. The Morgan fingerprint density at radius 1 is 1.07 bits per heavy atom. The number of ether oxygens (including phenoxy) is 1. The molecule has 1 aromatic carbocycles. The molecule has 2 heterocycles. The maximum absolute atomic E-state index is 13.3. The largest absolute Gasteiger partial charge is 0.451 e. The highest BCUT2D eigenvalue weighted by molar-refractivity contribution is 7.89. The lowest BCUT2D eigenvalue weighted by Gasteiger charge is -2.33. The summed E-state index contributed by atoms with van der Waals surface area (Å²) >= 11 is 0. The minimum atomic E-state index is -3.83. The summed E-state index contributed by atoms with van der Waals surface area (Å²) in [7, 11) is -3.83. The standard InChI is InChI=1S/C18H18FN3O5S/c19-14-4-3-5-15(12-14)28(25,26)22-10-8-21(9-11-22)17(23)13-27-18(24)16-6-1-2-7-20-16/h1-7,12H,8-11,13H2. The summed E-state index contributed by atoms with van der Waals surface area (Å²) in [6.07, 6.45) is 1.44. The van der Waals surface area contributed by atoms with Crippen LogP contribution in [0.1, 0.15) is 10.5 Å². The van der Waals surface area contributed by atoms with Gasteiger partial charge in [0, 0.05) is 32.4 Å². The first-order valence-electron chi connectivity index (χ1n) is 8.49. The summed E-state index contributed by atoms with van der Waals surface area (Å²) in [5.41, 5.74) is 0.0984. The molecule has 8 nitrogen and oxygen atoms in total. The van der Waals surface area contributed by atoms with Crippen molar-refractivity contribution in [3.05, 3.63) is 60.2 Å². The van der Waals surface area contributed by atoms with Gasteiger partial charge in [-0.3, -0.25) is 4.79 Å². The van der Waals surface area contributed by atoms with Gasteiger partial charge in [-0.1, -0.05) is 12.1 Å². The van der Waals surface area contributed by atoms with Gasteiger partial charge in [0.1, 0.15) is 11.5 Å². The Kier molecular flexibility index (Phi) is 6.00. The maximum Gasteiger partial charge on any atom is 0.357 e. The monoisotopic (exact) mass is 407 g/mol. The number of carbonyl (C=O) groups excluding carboxylic acids is 2. The van der Waals surface area contributed by atoms with Crippen LogP contribution in [0, 0.1) is 5.82 Å². The van der Waals surface area contributed by atoms with Gasteiger partial charge in [0.05, 0.1) is 4.90 Å². The molecular weight excluding hydrogens is 389 g/mol. The molecule has 1 aliphatic heterocycles. The van der Waals surface area contributed by atoms with Crippen LogP contribution >= 0.6 is 0 Å². The molecule has 2 aromatic rings. The molecule has 0 saturated carbocycles. The highest BCUT2D eigenvalue weighted by Crippen LogP contribution is 2.18. The highest BCUT2D eigenvalue weighted by Gasteiger charge is 2.30. The Morgan fingerprint density at radius 3 is 2.46 bits per heavy atom. The SMILES string of the molecule is O=C(OCC(=O)N1CCN(S(=O)(=O)c2cccc(F)c2)CC1)c1ccccn1. The first-order valence-corrected chi connectivity index (χ1v) is 9.93. The fourth-order valence-corrected chi connectivity index (χ4v) is 4.18. The third-order valence-corrected chi connectivity index (χ3v) is 6.12. The maximum atomic E-state index is 13.3. The van der Waals surface area contributed by atoms with Gasteiger partial charge < -0.3 is 9.64 Å². The summed E-state index contributed by atoms with van der Waals surface area (Å²) in [5.74, 6) is -1.77. The van der Waals surface area contributed by atoms with Gasteiger partial charge in [0.25, 0.3) is 5.91 Å². The van der Waals surface area contributed by atoms with Crippen LogP contribution in [0.4, 0.5) is 4.39 Å². The van der Waals surface area contributed by atoms with Gasteiger partial charge >= 0.3 is 5.97 Å². The molecule has 148 valence electrons. The Hall–Kier alpha value is -2.85. The zero-order valence-corrected chi connectivity index (χ0v) is 15.6. The van der Waals surface area contributed by atoms with Gasteiger partial charge in [-0.2, -0.15) is 4.31 Å². The number of nitrogens with zero attached hydrogens (tertiary/aromatic N) is 3. The van der Waals surface area contributed by atoms with Crippen molar-refractivity contribution >= 4 is 21.9 Å². The van der Waals surface area contributed by atoms with Crippen LogP contribution in [0.5, 0.6) is 0 Å². The number of aromatic nitrogens is 1. The Morgan fingerprint density at radius 2 is 1.82 bits per heavy atom. The summed E-state index contributed by atoms with van der Waals surface area (Å²) in [5, 5.41) is 0. The van der Waals surface area contributed by atoms with E-state index in [0.717, 1.165) is 6.07 Å². The second-order valence-corrected chi connectivity index (χ2v) is 7.97. The zero-order chi connectivity index (χ0) is 20.1. The second-order valence-electron chi connectivity index (χ2n) is 6.03. The summed E-state index contributed by atoms with van der Waals surface area (Å²) in [4.78, 5) is 29.2. The normalized spacial score (nSPS) is 15.2. The van der Waals surface area contributed by atoms with Crippen molar-refractivity contribution in [1.29, 1.82) is 0 Å². The highest BCUT2D eigenvalue weighted by atomic mass is 32.2. The predicted octanol–water partition coefficient (Wildman–Crippen LogP) is 0.911. The van der Waals surface area contributed by atoms with Gasteiger partial charge in [0.2, 0.25) is 10.0 Å². The molecule has 0 radical (unpaired) electrons. The fraction of sp³-hybridized carbons (Fsp3) is 0.278. The van der Waals surface area contributed by atoms with E-state index in [4.69, 9.17) is 4.74 Å². The molecule has 1 aromatic heterocycles. The minimum Gasteiger partial charge on any atom is -0.451 e. The Labute approximate surface area is 161 Å². The molecule has 0 N–H and O–H groups in total. The summed E-state index contributed by atoms with van der Waals surface area (Å²) in [6.45, 7) is -0.0212. The lowest BCUT2D eigenvalue weighted by atomic mass is 10.3. The minimum absolute atomic E-state index is 0.0682. The average Bonchev–Trinajstić information content (AvgIpc) is 2.72. The number of hydrogen-bond donors (Lipinski definition) is 0. The van der Waals surface area contributed by atoms with E-state index in [9.17, 15) is 22.4 Å². The third-order valence-electron chi connectivity index (χ3n) is 4.23. The summed E-state index contributed by atoms with van der Waals surface area (Å²) in [6, 6.07) is 9.54. The number of amides is 1. The van der Waals surface area contributed by atoms with Crippen LogP contribution in [-0.2, 0) is 19.6 Å². The van der Waals surface area contributed by atoms with Gasteiger partial charge in [0.15, 0.2) is 6.61 Å². The first-order chi connectivity index (χ1) is 13.4. The number of sulfonamides is 1. The van der Waals surface area contributed by atoms with E-state index in [1.54, 1.807) is 12.1 Å². The van der Waals surface area contributed by atoms with Crippen LogP contribution in [0.25, 0.3) is 0 Å². The Balaban J connectivity index is 1.53. The average molecular weight is 407 g/mol. The Bertz CT molecular complexity index is 960. The number of halogens is 1. The predicted molar refractivity (Wildman–Crippen MR) is 96.3 cm³/mol. The number of piperazine rings is 1. The first kappa shape index (κ1) is 19.9. The van der Waals surface area contributed by atoms with Crippen molar-refractivity contribution in [2.75, 3.05) is 32.8 Å². The van der Waals surface area contributed by atoms with Gasteiger partial charge in [-0.25, -0.2) is 22.6 Å². The van der Waals surface area contributed by atoms with E-state index in [0.29, 0.717) is 0 Å². The van der Waals surface area contributed by atoms with E-state index in [1.165, 1.54) is 39.7 Å². The second kappa shape index (κ2) is 8.44. The van der Waals surface area contributed by atoms with E-state index >= 15 is 0 Å². The van der Waals surface area contributed by atoms with Crippen molar-refractivity contribution < 1.29 is 27.1 Å². The number of esters is 1. The molecule has 3 rings (SSSR count). The van der Waals surface area contributed by atoms with E-state index in [1.807, 2.05) is 0 Å². The third kappa shape index (κ3) is 4.52. The molecule has 0 atom stereocenters. The van der Waals surface area contributed by atoms with Gasteiger partial charge in [-0.05, 0) is 30.3 Å². The number of pyridine rings is 1. The lowest BCUT2D eigenvalue weighted by Crippen LogP contribution is -2.51. The van der Waals surface area contributed by atoms with E-state index < -0.39 is 34.3 Å². The molecule has 0 aliphatic carbocycles. The van der Waals surface area contributed by atoms with Crippen molar-refractivity contribution in [3.63, 3.8) is 0 Å². The van der Waals surface area contributed by atoms with Crippen molar-refractivity contribution in [2.45, 2.75) is 4.90 Å². The number of rotatable bonds is 5. The lowest BCUT2D eigenvalue weighted by molar-refractivity contribution is -0.135. The molecule has 1 fully saturated rings. The summed E-state index contributed by atoms with van der Waals surface area (Å²) < 4.78 is 44.6. The van der Waals surface area contributed by atoms with Crippen molar-refractivity contribution in [2.24, 2.45) is 0 Å². The van der Waals surface area contributed by atoms with E-state index in [2.05, 4.69) is 4.98 Å². The molecule has 0 bridgehead atoms. The smallest absolute Gasteiger partial charge is 0.357 e. The van der Waals surface area contributed by atoms with Crippen LogP contribution in [0.2, 0.25) is 0 Å². The topological polar surface area (TPSA) is 96.9 Å². The molecule has 10 heteroatoms. The molecule has 1 amide bonds. The van der Waals surface area contributed by atoms with E-state index in [-0.39, 0.29) is 36.8 Å². The number of benzene rings is 1. The quantitative estimate of drug-likeness (QED) is 0.684. The fourth-order valence-electron chi connectivity index (χ4n) is 2.73. The van der Waals surface area contributed by atoms with Crippen LogP contribution in [0.15, 0.2) is 53.6 Å². The van der Waals surface area contributed by atoms with Crippen molar-refractivity contribution in [3.8, 4) is 0 Å². The number of hydrogen-bond acceptors (Lipinski definition) is 6. The molecule has 1 saturated heterocycles. The van der Waals surface area contributed by atoms with Crippen molar-refractivity contribution in [1.82, 2.24) is 14.2 Å². The zero-order valence-electron chi connectivity index (χ0n) is 14.8. The van der Waals surface area contributed by atoms with Gasteiger partial charge in [-0.15, -0.1) is 0 Å². The van der Waals surface area contributed by atoms with Crippen LogP contribution in [0.3, 0.4) is 0 Å². The molecule has 0 unspecified atom stereocenters. The van der Waals surface area contributed by atoms with Crippen LogP contribution in [-0.4, -0.2) is 67.3 Å². The van der Waals surface area contributed by atoms with Crippen LogP contribution < -0.4 is 0 Å². The molecular formula is C18H18FN3O5S.